The third-order valence-electron chi connectivity index (χ3n) is 3.85. The van der Waals surface area contributed by atoms with Crippen molar-refractivity contribution in [3.8, 4) is 5.75 Å². The number of hydrogen-bond acceptors (Lipinski definition) is 5. The van der Waals surface area contributed by atoms with E-state index in [9.17, 15) is 13.2 Å². The summed E-state index contributed by atoms with van der Waals surface area (Å²) in [4.78, 5) is 12.6. The number of nitrogens with zero attached hydrogens (tertiary/aromatic N) is 1. The van der Waals surface area contributed by atoms with Gasteiger partial charge in [0.2, 0.25) is 5.91 Å². The van der Waals surface area contributed by atoms with Gasteiger partial charge in [-0.15, -0.1) is 0 Å². The monoisotopic (exact) mass is 426 g/mol. The van der Waals surface area contributed by atoms with Gasteiger partial charge < -0.3 is 14.8 Å². The molecule has 0 saturated heterocycles. The highest BCUT2D eigenvalue weighted by Gasteiger charge is 2.29. The topological polar surface area (TPSA) is 84.9 Å². The quantitative estimate of drug-likeness (QED) is 0.666. The fourth-order valence-corrected chi connectivity index (χ4v) is 4.23. The number of ether oxygens (including phenoxy) is 2. The highest BCUT2D eigenvalue weighted by Crippen LogP contribution is 2.34. The average Bonchev–Trinajstić information content (AvgIpc) is 2.66. The van der Waals surface area contributed by atoms with Crippen LogP contribution < -0.4 is 14.4 Å². The summed E-state index contributed by atoms with van der Waals surface area (Å²) in [6.07, 6.45) is 0. The lowest BCUT2D eigenvalue weighted by atomic mass is 10.3. The third-order valence-corrected chi connectivity index (χ3v) is 5.86. The lowest BCUT2D eigenvalue weighted by Gasteiger charge is -2.26. The number of carbonyl (C=O) groups excluding carboxylic acids is 1. The maximum Gasteiger partial charge on any atom is 0.264 e. The standard InChI is InChI=1S/C19H23ClN2O5S/c1-14(13-26-2)21-19(23)12-22(17-11-15(20)9-10-18(17)27-3)28(24,25)16-7-5-4-6-8-16/h4-11,14H,12-13H2,1-3H3,(H,21,23)/t14-/m0/s1. The summed E-state index contributed by atoms with van der Waals surface area (Å²) < 4.78 is 37.8. The van der Waals surface area contributed by atoms with Crippen LogP contribution >= 0.6 is 11.6 Å². The Hall–Kier alpha value is -2.29. The fourth-order valence-electron chi connectivity index (χ4n) is 2.62. The molecule has 0 aliphatic rings. The maximum atomic E-state index is 13.3. The van der Waals surface area contributed by atoms with Crippen LogP contribution in [0.25, 0.3) is 0 Å². The van der Waals surface area contributed by atoms with Crippen LogP contribution in [0, 0.1) is 0 Å². The van der Waals surface area contributed by atoms with Gasteiger partial charge in [0.15, 0.2) is 0 Å². The molecule has 2 rings (SSSR count). The number of carbonyl (C=O) groups is 1. The second-order valence-electron chi connectivity index (χ2n) is 6.06. The Morgan fingerprint density at radius 3 is 2.46 bits per heavy atom. The first-order valence-electron chi connectivity index (χ1n) is 8.49. The molecular weight excluding hydrogens is 404 g/mol. The molecule has 1 N–H and O–H groups in total. The summed E-state index contributed by atoms with van der Waals surface area (Å²) in [5.74, 6) is -0.201. The van der Waals surface area contributed by atoms with Gasteiger partial charge in [-0.3, -0.25) is 9.10 Å². The Bertz CT molecular complexity index is 906. The molecule has 0 spiro atoms. The molecule has 7 nitrogen and oxygen atoms in total. The van der Waals surface area contributed by atoms with Crippen molar-refractivity contribution in [3.05, 3.63) is 53.6 Å². The Morgan fingerprint density at radius 2 is 1.86 bits per heavy atom. The molecule has 1 amide bonds. The van der Waals surface area contributed by atoms with Gasteiger partial charge in [-0.2, -0.15) is 0 Å². The average molecular weight is 427 g/mol. The van der Waals surface area contributed by atoms with Crippen molar-refractivity contribution in [3.63, 3.8) is 0 Å². The maximum absolute atomic E-state index is 13.3. The van der Waals surface area contributed by atoms with Crippen molar-refractivity contribution in [2.75, 3.05) is 31.7 Å². The number of anilines is 1. The van der Waals surface area contributed by atoms with Gasteiger partial charge >= 0.3 is 0 Å². The first kappa shape index (κ1) is 22.0. The zero-order valence-corrected chi connectivity index (χ0v) is 17.5. The molecule has 2 aromatic rings. The molecule has 2 aromatic carbocycles. The molecule has 0 radical (unpaired) electrons. The van der Waals surface area contributed by atoms with Crippen LogP contribution in [0.4, 0.5) is 5.69 Å². The van der Waals surface area contributed by atoms with Crippen molar-refractivity contribution in [1.29, 1.82) is 0 Å². The smallest absolute Gasteiger partial charge is 0.264 e. The Labute approximate surface area is 170 Å². The predicted molar refractivity (Wildman–Crippen MR) is 108 cm³/mol. The number of benzene rings is 2. The van der Waals surface area contributed by atoms with Gasteiger partial charge in [0.1, 0.15) is 12.3 Å². The minimum atomic E-state index is -4.04. The Morgan fingerprint density at radius 1 is 1.18 bits per heavy atom. The van der Waals surface area contributed by atoms with E-state index >= 15 is 0 Å². The molecular formula is C19H23ClN2O5S. The Balaban J connectivity index is 2.48. The van der Waals surface area contributed by atoms with Crippen molar-refractivity contribution < 1.29 is 22.7 Å². The van der Waals surface area contributed by atoms with Crippen LogP contribution in [0.3, 0.4) is 0 Å². The molecule has 0 aromatic heterocycles. The fraction of sp³-hybridized carbons (Fsp3) is 0.316. The van der Waals surface area contributed by atoms with Crippen LogP contribution in [0.15, 0.2) is 53.4 Å². The molecule has 0 unspecified atom stereocenters. The first-order chi connectivity index (χ1) is 13.3. The predicted octanol–water partition coefficient (Wildman–Crippen LogP) is 2.70. The summed E-state index contributed by atoms with van der Waals surface area (Å²) >= 11 is 6.08. The van der Waals surface area contributed by atoms with Gasteiger partial charge in [-0.25, -0.2) is 8.42 Å². The number of hydrogen-bond donors (Lipinski definition) is 1. The largest absolute Gasteiger partial charge is 0.495 e. The van der Waals surface area contributed by atoms with E-state index in [0.29, 0.717) is 11.6 Å². The highest BCUT2D eigenvalue weighted by atomic mass is 35.5. The van der Waals surface area contributed by atoms with E-state index in [-0.39, 0.29) is 22.4 Å². The van der Waals surface area contributed by atoms with E-state index < -0.39 is 22.5 Å². The second kappa shape index (κ2) is 9.77. The number of nitrogens with one attached hydrogen (secondary N) is 1. The van der Waals surface area contributed by atoms with Crippen molar-refractivity contribution in [1.82, 2.24) is 5.32 Å². The van der Waals surface area contributed by atoms with E-state index in [0.717, 1.165) is 4.31 Å². The highest BCUT2D eigenvalue weighted by molar-refractivity contribution is 7.92. The SMILES string of the molecule is COC[C@H](C)NC(=O)CN(c1cc(Cl)ccc1OC)S(=O)(=O)c1ccccc1. The number of sulfonamides is 1. The summed E-state index contributed by atoms with van der Waals surface area (Å²) in [5, 5.41) is 3.03. The summed E-state index contributed by atoms with van der Waals surface area (Å²) in [7, 11) is -1.11. The van der Waals surface area contributed by atoms with Crippen LogP contribution in [0.2, 0.25) is 5.02 Å². The summed E-state index contributed by atoms with van der Waals surface area (Å²) in [6, 6.07) is 12.2. The lowest BCUT2D eigenvalue weighted by Crippen LogP contribution is -2.44. The molecule has 0 saturated carbocycles. The van der Waals surface area contributed by atoms with Gasteiger partial charge in [0.05, 0.1) is 24.3 Å². The van der Waals surface area contributed by atoms with E-state index in [1.54, 1.807) is 37.3 Å². The van der Waals surface area contributed by atoms with E-state index in [2.05, 4.69) is 5.32 Å². The van der Waals surface area contributed by atoms with Crippen LogP contribution in [0.1, 0.15) is 6.92 Å². The van der Waals surface area contributed by atoms with Gasteiger partial charge in [-0.1, -0.05) is 29.8 Å². The number of amides is 1. The van der Waals surface area contributed by atoms with Crippen molar-refractivity contribution in [2.24, 2.45) is 0 Å². The molecule has 0 heterocycles. The van der Waals surface area contributed by atoms with E-state index in [1.807, 2.05) is 0 Å². The molecule has 0 aliphatic heterocycles. The van der Waals surface area contributed by atoms with Crippen LogP contribution in [0.5, 0.6) is 5.75 Å². The minimum absolute atomic E-state index is 0.0507. The van der Waals surface area contributed by atoms with E-state index in [4.69, 9.17) is 21.1 Å². The molecule has 0 fully saturated rings. The van der Waals surface area contributed by atoms with E-state index in [1.165, 1.54) is 32.4 Å². The first-order valence-corrected chi connectivity index (χ1v) is 10.3. The molecule has 9 heteroatoms. The number of halogens is 1. The lowest BCUT2D eigenvalue weighted by molar-refractivity contribution is -0.120. The van der Waals surface area contributed by atoms with Crippen LogP contribution in [-0.4, -0.2) is 47.7 Å². The Kier molecular flexibility index (Phi) is 7.68. The molecule has 1 atom stereocenters. The molecule has 0 aliphatic carbocycles. The normalized spacial score (nSPS) is 12.3. The zero-order valence-electron chi connectivity index (χ0n) is 15.9. The van der Waals surface area contributed by atoms with Gasteiger partial charge in [0.25, 0.3) is 10.0 Å². The minimum Gasteiger partial charge on any atom is -0.495 e. The zero-order chi connectivity index (χ0) is 20.7. The van der Waals surface area contributed by atoms with Crippen molar-refractivity contribution >= 4 is 33.2 Å². The number of rotatable bonds is 9. The molecule has 28 heavy (non-hydrogen) atoms. The number of methoxy groups -OCH3 is 2. The second-order valence-corrected chi connectivity index (χ2v) is 8.36. The summed E-state index contributed by atoms with van der Waals surface area (Å²) in [5.41, 5.74) is 0.174. The van der Waals surface area contributed by atoms with Gasteiger partial charge in [0, 0.05) is 18.2 Å². The third kappa shape index (κ3) is 5.37. The molecule has 152 valence electrons. The molecule has 0 bridgehead atoms. The summed E-state index contributed by atoms with van der Waals surface area (Å²) in [6.45, 7) is 1.62. The van der Waals surface area contributed by atoms with Crippen molar-refractivity contribution in [2.45, 2.75) is 17.9 Å². The van der Waals surface area contributed by atoms with Gasteiger partial charge in [-0.05, 0) is 37.3 Å². The van der Waals surface area contributed by atoms with Crippen LogP contribution in [-0.2, 0) is 19.6 Å².